The van der Waals surface area contributed by atoms with Crippen LogP contribution in [-0.4, -0.2) is 52.0 Å². The number of hydrogen-bond donors (Lipinski definition) is 2. The molecule has 5 heteroatoms. The minimum Gasteiger partial charge on any atom is -0.382 e. The van der Waals surface area contributed by atoms with Gasteiger partial charge in [-0.3, -0.25) is 4.79 Å². The second kappa shape index (κ2) is 10.9. The Hall–Kier alpha value is -0.650. The van der Waals surface area contributed by atoms with E-state index in [4.69, 9.17) is 9.47 Å². The van der Waals surface area contributed by atoms with Crippen LogP contribution in [0.1, 0.15) is 20.3 Å². The zero-order valence-electron chi connectivity index (χ0n) is 10.5. The van der Waals surface area contributed by atoms with Gasteiger partial charge in [0.2, 0.25) is 5.91 Å². The molecule has 96 valence electrons. The molecule has 0 bridgehead atoms. The molecule has 0 aromatic carbocycles. The summed E-state index contributed by atoms with van der Waals surface area (Å²) in [6.45, 7) is 7.17. The highest BCUT2D eigenvalue weighted by Crippen LogP contribution is 1.85. The van der Waals surface area contributed by atoms with Gasteiger partial charge in [-0.2, -0.15) is 0 Å². The highest BCUT2D eigenvalue weighted by molar-refractivity contribution is 5.81. The van der Waals surface area contributed by atoms with Crippen molar-refractivity contribution in [3.8, 4) is 0 Å². The Morgan fingerprint density at radius 2 is 2.06 bits per heavy atom. The average molecular weight is 232 g/mol. The Kier molecular flexibility index (Phi) is 10.4. The van der Waals surface area contributed by atoms with Crippen LogP contribution in [0.3, 0.4) is 0 Å². The lowest BCUT2D eigenvalue weighted by Gasteiger charge is -2.13. The standard InChI is InChI=1S/C11H24N2O3/c1-4-12-11(14)10(2)13-6-5-7-16-9-8-15-3/h10,13H,4-9H2,1-3H3,(H,12,14). The van der Waals surface area contributed by atoms with Crippen molar-refractivity contribution in [1.82, 2.24) is 10.6 Å². The third-order valence-electron chi connectivity index (χ3n) is 2.09. The van der Waals surface area contributed by atoms with Crippen molar-refractivity contribution in [2.75, 3.05) is 40.0 Å². The van der Waals surface area contributed by atoms with Gasteiger partial charge in [-0.25, -0.2) is 0 Å². The minimum atomic E-state index is -0.140. The van der Waals surface area contributed by atoms with E-state index in [1.165, 1.54) is 0 Å². The molecule has 2 N–H and O–H groups in total. The molecule has 0 aromatic heterocycles. The Labute approximate surface area is 97.9 Å². The molecule has 5 nitrogen and oxygen atoms in total. The van der Waals surface area contributed by atoms with E-state index in [1.54, 1.807) is 7.11 Å². The number of ether oxygens (including phenoxy) is 2. The number of likely N-dealkylation sites (N-methyl/N-ethyl adjacent to an activating group) is 1. The maximum Gasteiger partial charge on any atom is 0.236 e. The van der Waals surface area contributed by atoms with Crippen molar-refractivity contribution in [2.24, 2.45) is 0 Å². The van der Waals surface area contributed by atoms with Crippen molar-refractivity contribution in [3.05, 3.63) is 0 Å². The van der Waals surface area contributed by atoms with Gasteiger partial charge < -0.3 is 20.1 Å². The minimum absolute atomic E-state index is 0.0443. The van der Waals surface area contributed by atoms with Crippen LogP contribution in [0.15, 0.2) is 0 Å². The summed E-state index contributed by atoms with van der Waals surface area (Å²) in [5, 5.41) is 5.90. The summed E-state index contributed by atoms with van der Waals surface area (Å²) in [5.41, 5.74) is 0. The van der Waals surface area contributed by atoms with Gasteiger partial charge in [0.05, 0.1) is 19.3 Å². The Balaban J connectivity index is 3.27. The summed E-state index contributed by atoms with van der Waals surface area (Å²) in [5.74, 6) is 0.0443. The normalized spacial score (nSPS) is 12.4. The van der Waals surface area contributed by atoms with E-state index in [0.717, 1.165) is 13.0 Å². The second-order valence-corrected chi connectivity index (χ2v) is 3.53. The predicted molar refractivity (Wildman–Crippen MR) is 63.5 cm³/mol. The number of hydrogen-bond acceptors (Lipinski definition) is 4. The van der Waals surface area contributed by atoms with Crippen molar-refractivity contribution in [1.29, 1.82) is 0 Å². The molecule has 1 amide bonds. The second-order valence-electron chi connectivity index (χ2n) is 3.53. The van der Waals surface area contributed by atoms with Crippen molar-refractivity contribution < 1.29 is 14.3 Å². The molecule has 0 spiro atoms. The Morgan fingerprint density at radius 3 is 2.69 bits per heavy atom. The van der Waals surface area contributed by atoms with Crippen molar-refractivity contribution in [3.63, 3.8) is 0 Å². The third kappa shape index (κ3) is 8.64. The first-order valence-corrected chi connectivity index (χ1v) is 5.80. The van der Waals surface area contributed by atoms with E-state index in [2.05, 4.69) is 10.6 Å². The van der Waals surface area contributed by atoms with E-state index in [9.17, 15) is 4.79 Å². The molecule has 0 saturated heterocycles. The van der Waals surface area contributed by atoms with E-state index < -0.39 is 0 Å². The lowest BCUT2D eigenvalue weighted by Crippen LogP contribution is -2.42. The first-order valence-electron chi connectivity index (χ1n) is 5.80. The predicted octanol–water partition coefficient (Wildman–Crippen LogP) is 0.154. The van der Waals surface area contributed by atoms with Gasteiger partial charge in [-0.1, -0.05) is 0 Å². The van der Waals surface area contributed by atoms with Gasteiger partial charge in [-0.15, -0.1) is 0 Å². The smallest absolute Gasteiger partial charge is 0.236 e. The van der Waals surface area contributed by atoms with E-state index in [1.807, 2.05) is 13.8 Å². The maximum atomic E-state index is 11.3. The van der Waals surface area contributed by atoms with Gasteiger partial charge in [-0.05, 0) is 26.8 Å². The van der Waals surface area contributed by atoms with Gasteiger partial charge >= 0.3 is 0 Å². The van der Waals surface area contributed by atoms with Crippen LogP contribution < -0.4 is 10.6 Å². The summed E-state index contributed by atoms with van der Waals surface area (Å²) in [6, 6.07) is -0.140. The maximum absolute atomic E-state index is 11.3. The number of amides is 1. The zero-order valence-corrected chi connectivity index (χ0v) is 10.5. The number of carbonyl (C=O) groups excluding carboxylic acids is 1. The van der Waals surface area contributed by atoms with Crippen LogP contribution in [0.25, 0.3) is 0 Å². The molecule has 16 heavy (non-hydrogen) atoms. The Morgan fingerprint density at radius 1 is 1.31 bits per heavy atom. The van der Waals surface area contributed by atoms with Crippen LogP contribution in [0.4, 0.5) is 0 Å². The van der Waals surface area contributed by atoms with Crippen LogP contribution in [0, 0.1) is 0 Å². The highest BCUT2D eigenvalue weighted by atomic mass is 16.5. The van der Waals surface area contributed by atoms with Gasteiger partial charge in [0.1, 0.15) is 0 Å². The lowest BCUT2D eigenvalue weighted by atomic mass is 10.3. The first-order chi connectivity index (χ1) is 7.72. The fourth-order valence-corrected chi connectivity index (χ4v) is 1.16. The van der Waals surface area contributed by atoms with Crippen LogP contribution in [-0.2, 0) is 14.3 Å². The number of methoxy groups -OCH3 is 1. The van der Waals surface area contributed by atoms with Crippen LogP contribution >= 0.6 is 0 Å². The van der Waals surface area contributed by atoms with E-state index >= 15 is 0 Å². The van der Waals surface area contributed by atoms with Crippen LogP contribution in [0.2, 0.25) is 0 Å². The zero-order chi connectivity index (χ0) is 12.2. The Bertz CT molecular complexity index is 177. The molecule has 0 saturated carbocycles. The summed E-state index contributed by atoms with van der Waals surface area (Å²) in [4.78, 5) is 11.3. The highest BCUT2D eigenvalue weighted by Gasteiger charge is 2.09. The fourth-order valence-electron chi connectivity index (χ4n) is 1.16. The number of rotatable bonds is 10. The summed E-state index contributed by atoms with van der Waals surface area (Å²) >= 11 is 0. The van der Waals surface area contributed by atoms with E-state index in [0.29, 0.717) is 26.4 Å². The topological polar surface area (TPSA) is 59.6 Å². The molecular formula is C11H24N2O3. The molecule has 0 radical (unpaired) electrons. The molecule has 0 heterocycles. The molecule has 0 aliphatic rings. The quantitative estimate of drug-likeness (QED) is 0.527. The van der Waals surface area contributed by atoms with Crippen molar-refractivity contribution >= 4 is 5.91 Å². The molecule has 0 aromatic rings. The summed E-state index contributed by atoms with van der Waals surface area (Å²) in [6.07, 6.45) is 0.896. The van der Waals surface area contributed by atoms with E-state index in [-0.39, 0.29) is 11.9 Å². The summed E-state index contributed by atoms with van der Waals surface area (Å²) in [7, 11) is 1.65. The molecule has 1 atom stereocenters. The van der Waals surface area contributed by atoms with Crippen molar-refractivity contribution in [2.45, 2.75) is 26.3 Å². The number of carbonyl (C=O) groups is 1. The van der Waals surface area contributed by atoms with Gasteiger partial charge in [0, 0.05) is 20.3 Å². The molecule has 0 aliphatic heterocycles. The van der Waals surface area contributed by atoms with Crippen LogP contribution in [0.5, 0.6) is 0 Å². The van der Waals surface area contributed by atoms with Gasteiger partial charge in [0.15, 0.2) is 0 Å². The SMILES string of the molecule is CCNC(=O)C(C)NCCCOCCOC. The molecule has 0 fully saturated rings. The molecular weight excluding hydrogens is 208 g/mol. The number of nitrogens with one attached hydrogen (secondary N) is 2. The molecule has 1 unspecified atom stereocenters. The van der Waals surface area contributed by atoms with Gasteiger partial charge in [0.25, 0.3) is 0 Å². The monoisotopic (exact) mass is 232 g/mol. The average Bonchev–Trinajstić information content (AvgIpc) is 2.28. The molecule has 0 aliphatic carbocycles. The third-order valence-corrected chi connectivity index (χ3v) is 2.09. The molecule has 0 rings (SSSR count). The fraction of sp³-hybridized carbons (Fsp3) is 0.909. The first kappa shape index (κ1) is 15.3. The summed E-state index contributed by atoms with van der Waals surface area (Å²) < 4.78 is 10.1. The largest absolute Gasteiger partial charge is 0.382 e. The lowest BCUT2D eigenvalue weighted by molar-refractivity contribution is -0.122.